The number of carbonyl (C=O) groups excluding carboxylic acids is 3. The van der Waals surface area contributed by atoms with E-state index in [2.05, 4.69) is 15.6 Å². The molecule has 0 bridgehead atoms. The van der Waals surface area contributed by atoms with Crippen molar-refractivity contribution in [2.24, 2.45) is 5.92 Å². The molecule has 45 heavy (non-hydrogen) atoms. The molecule has 0 radical (unpaired) electrons. The number of nitrogens with one attached hydrogen (secondary N) is 3. The van der Waals surface area contributed by atoms with Gasteiger partial charge in [0.2, 0.25) is 5.91 Å². The van der Waals surface area contributed by atoms with Crippen molar-refractivity contribution in [3.05, 3.63) is 77.1 Å². The predicted octanol–water partition coefficient (Wildman–Crippen LogP) is 6.87. The molecule has 9 nitrogen and oxygen atoms in total. The Balaban J connectivity index is 1.49. The van der Waals surface area contributed by atoms with E-state index in [9.17, 15) is 14.4 Å². The molecule has 3 N–H and O–H groups in total. The van der Waals surface area contributed by atoms with Gasteiger partial charge >= 0.3 is 12.0 Å². The van der Waals surface area contributed by atoms with Crippen LogP contribution in [0.1, 0.15) is 80.0 Å². The van der Waals surface area contributed by atoms with Gasteiger partial charge in [-0.1, -0.05) is 75.2 Å². The summed E-state index contributed by atoms with van der Waals surface area (Å²) in [4.78, 5) is 51.1. The first-order chi connectivity index (χ1) is 21.8. The molecule has 238 valence electrons. The lowest BCUT2D eigenvalue weighted by atomic mass is 10.0. The molecule has 4 aromatic rings. The fourth-order valence-corrected chi connectivity index (χ4v) is 6.93. The summed E-state index contributed by atoms with van der Waals surface area (Å²) in [6.45, 7) is 7.47. The van der Waals surface area contributed by atoms with Crippen LogP contribution in [0.3, 0.4) is 0 Å². The van der Waals surface area contributed by atoms with Crippen molar-refractivity contribution in [3.63, 3.8) is 0 Å². The summed E-state index contributed by atoms with van der Waals surface area (Å²) in [6, 6.07) is 16.2. The maximum atomic E-state index is 14.1. The summed E-state index contributed by atoms with van der Waals surface area (Å²) in [5.74, 6) is -0.596. The standard InChI is InChI=1S/C35H43N5O4S/c1-4-44-34(42)30-31(24-14-8-7-9-15-24)45-33(39-30)29(21-25-22-36-27-17-11-10-16-26(25)27)37-32(41)28(20-23(2)3)38-35(43)40-18-12-5-6-13-19-40/h7-11,14-17,22-23,28-29,36H,4-6,12-13,18-21H2,1-3H3,(H,37,41)(H,38,43)/t28-,29+/m0/s1. The summed E-state index contributed by atoms with van der Waals surface area (Å²) in [7, 11) is 0. The zero-order valence-corrected chi connectivity index (χ0v) is 27.1. The minimum absolute atomic E-state index is 0.178. The highest BCUT2D eigenvalue weighted by atomic mass is 32.1. The van der Waals surface area contributed by atoms with Gasteiger partial charge in [-0.3, -0.25) is 4.79 Å². The summed E-state index contributed by atoms with van der Waals surface area (Å²) in [5.41, 5.74) is 3.09. The third-order valence-electron chi connectivity index (χ3n) is 8.08. The number of likely N-dealkylation sites (tertiary alicyclic amines) is 1. The van der Waals surface area contributed by atoms with Crippen LogP contribution in [0.4, 0.5) is 4.79 Å². The second-order valence-corrected chi connectivity index (χ2v) is 13.0. The quantitative estimate of drug-likeness (QED) is 0.157. The Hall–Kier alpha value is -4.18. The number of hydrogen-bond donors (Lipinski definition) is 3. The average Bonchev–Trinajstić information content (AvgIpc) is 3.56. The number of nitrogens with zero attached hydrogens (tertiary/aromatic N) is 2. The van der Waals surface area contributed by atoms with Gasteiger partial charge in [0.1, 0.15) is 11.0 Å². The lowest BCUT2D eigenvalue weighted by molar-refractivity contribution is -0.124. The van der Waals surface area contributed by atoms with Crippen molar-refractivity contribution in [2.45, 2.75) is 71.4 Å². The number of urea groups is 1. The molecule has 10 heteroatoms. The molecular weight excluding hydrogens is 586 g/mol. The molecule has 1 aliphatic heterocycles. The molecule has 3 heterocycles. The molecule has 0 unspecified atom stereocenters. The highest BCUT2D eigenvalue weighted by Crippen LogP contribution is 2.35. The zero-order chi connectivity index (χ0) is 31.8. The van der Waals surface area contributed by atoms with E-state index < -0.39 is 18.1 Å². The topological polar surface area (TPSA) is 116 Å². The largest absolute Gasteiger partial charge is 0.461 e. The molecule has 2 aromatic carbocycles. The van der Waals surface area contributed by atoms with Crippen LogP contribution in [-0.4, -0.2) is 58.5 Å². The Morgan fingerprint density at radius 3 is 2.40 bits per heavy atom. The van der Waals surface area contributed by atoms with Crippen LogP contribution in [0.15, 0.2) is 60.8 Å². The van der Waals surface area contributed by atoms with Crippen molar-refractivity contribution in [2.75, 3.05) is 19.7 Å². The zero-order valence-electron chi connectivity index (χ0n) is 26.3. The van der Waals surface area contributed by atoms with E-state index in [0.29, 0.717) is 35.8 Å². The number of hydrogen-bond acceptors (Lipinski definition) is 6. The van der Waals surface area contributed by atoms with Crippen LogP contribution in [0.25, 0.3) is 21.3 Å². The summed E-state index contributed by atoms with van der Waals surface area (Å²) in [5, 5.41) is 7.93. The highest BCUT2D eigenvalue weighted by molar-refractivity contribution is 7.15. The fourth-order valence-electron chi connectivity index (χ4n) is 5.82. The summed E-state index contributed by atoms with van der Waals surface area (Å²) < 4.78 is 5.38. The minimum Gasteiger partial charge on any atom is -0.461 e. The van der Waals surface area contributed by atoms with Gasteiger partial charge < -0.3 is 25.3 Å². The minimum atomic E-state index is -0.718. The predicted molar refractivity (Wildman–Crippen MR) is 178 cm³/mol. The number of aromatic nitrogens is 2. The Kier molecular flexibility index (Phi) is 10.9. The first-order valence-corrected chi connectivity index (χ1v) is 16.8. The number of aromatic amines is 1. The number of fused-ring (bicyclic) bond motifs is 1. The molecular formula is C35H43N5O4S. The molecule has 5 rings (SSSR count). The fraction of sp³-hybridized carbons (Fsp3) is 0.429. The number of ether oxygens (including phenoxy) is 1. The number of para-hydroxylation sites is 1. The SMILES string of the molecule is CCOC(=O)c1nc([C@@H](Cc2c[nH]c3ccccc23)NC(=O)[C@H](CC(C)C)NC(=O)N2CCCCCC2)sc1-c1ccccc1. The number of esters is 1. The van der Waals surface area contributed by atoms with Crippen molar-refractivity contribution in [3.8, 4) is 10.4 Å². The van der Waals surface area contributed by atoms with Crippen LogP contribution >= 0.6 is 11.3 Å². The van der Waals surface area contributed by atoms with E-state index in [0.717, 1.165) is 47.7 Å². The van der Waals surface area contributed by atoms with Gasteiger partial charge in [0, 0.05) is 36.6 Å². The summed E-state index contributed by atoms with van der Waals surface area (Å²) >= 11 is 1.38. The van der Waals surface area contributed by atoms with Gasteiger partial charge in [-0.15, -0.1) is 11.3 Å². The van der Waals surface area contributed by atoms with Gasteiger partial charge in [-0.2, -0.15) is 0 Å². The maximum Gasteiger partial charge on any atom is 0.358 e. The van der Waals surface area contributed by atoms with E-state index >= 15 is 0 Å². The van der Waals surface area contributed by atoms with Crippen molar-refractivity contribution < 1.29 is 19.1 Å². The van der Waals surface area contributed by atoms with E-state index in [1.165, 1.54) is 11.3 Å². The number of thiazole rings is 1. The highest BCUT2D eigenvalue weighted by Gasteiger charge is 2.31. The molecule has 3 amide bonds. The van der Waals surface area contributed by atoms with Crippen molar-refractivity contribution in [1.29, 1.82) is 0 Å². The van der Waals surface area contributed by atoms with E-state index in [1.54, 1.807) is 6.92 Å². The number of rotatable bonds is 11. The molecule has 2 aromatic heterocycles. The van der Waals surface area contributed by atoms with Gasteiger partial charge in [0.25, 0.3) is 0 Å². The number of H-pyrrole nitrogens is 1. The monoisotopic (exact) mass is 629 g/mol. The van der Waals surface area contributed by atoms with Crippen LogP contribution < -0.4 is 10.6 Å². The molecule has 1 aliphatic rings. The average molecular weight is 630 g/mol. The third-order valence-corrected chi connectivity index (χ3v) is 9.29. The van der Waals surface area contributed by atoms with Crippen molar-refractivity contribution >= 4 is 40.1 Å². The van der Waals surface area contributed by atoms with Crippen LogP contribution in [0.2, 0.25) is 0 Å². The van der Waals surface area contributed by atoms with Crippen LogP contribution in [0.5, 0.6) is 0 Å². The van der Waals surface area contributed by atoms with Gasteiger partial charge in [-0.25, -0.2) is 14.6 Å². The Labute approximate surface area is 268 Å². The number of carbonyl (C=O) groups is 3. The lowest BCUT2D eigenvalue weighted by Crippen LogP contribution is -2.52. The molecule has 0 spiro atoms. The number of benzene rings is 2. The lowest BCUT2D eigenvalue weighted by Gasteiger charge is -2.27. The van der Waals surface area contributed by atoms with Crippen LogP contribution in [0, 0.1) is 5.92 Å². The van der Waals surface area contributed by atoms with Gasteiger partial charge in [0.15, 0.2) is 5.69 Å². The molecule has 0 aliphatic carbocycles. The van der Waals surface area contributed by atoms with E-state index in [1.807, 2.05) is 79.5 Å². The second kappa shape index (κ2) is 15.2. The first kappa shape index (κ1) is 32.2. The number of amides is 3. The molecule has 1 saturated heterocycles. The smallest absolute Gasteiger partial charge is 0.358 e. The molecule has 0 saturated carbocycles. The Bertz CT molecular complexity index is 1590. The Morgan fingerprint density at radius 2 is 1.69 bits per heavy atom. The van der Waals surface area contributed by atoms with E-state index in [4.69, 9.17) is 9.72 Å². The van der Waals surface area contributed by atoms with E-state index in [-0.39, 0.29) is 30.2 Å². The third kappa shape index (κ3) is 8.11. The molecule has 2 atom stereocenters. The van der Waals surface area contributed by atoms with Crippen LogP contribution in [-0.2, 0) is 16.0 Å². The maximum absolute atomic E-state index is 14.1. The van der Waals surface area contributed by atoms with Crippen molar-refractivity contribution in [1.82, 2.24) is 25.5 Å². The van der Waals surface area contributed by atoms with Gasteiger partial charge in [0.05, 0.1) is 17.5 Å². The summed E-state index contributed by atoms with van der Waals surface area (Å²) in [6.07, 6.45) is 7.05. The normalized spacial score (nSPS) is 15.0. The molecule has 1 fully saturated rings. The van der Waals surface area contributed by atoms with Gasteiger partial charge in [-0.05, 0) is 49.3 Å². The Morgan fingerprint density at radius 1 is 0.978 bits per heavy atom. The second-order valence-electron chi connectivity index (χ2n) is 12.0. The first-order valence-electron chi connectivity index (χ1n) is 16.0.